The second-order valence-electron chi connectivity index (χ2n) is 5.68. The van der Waals surface area contributed by atoms with E-state index in [4.69, 9.17) is 0 Å². The van der Waals surface area contributed by atoms with E-state index < -0.39 is 10.5 Å². The van der Waals surface area contributed by atoms with Crippen LogP contribution in [0.1, 0.15) is 32.6 Å². The van der Waals surface area contributed by atoms with Gasteiger partial charge in [0, 0.05) is 17.1 Å². The quantitative estimate of drug-likeness (QED) is 0.645. The van der Waals surface area contributed by atoms with Gasteiger partial charge in [0.15, 0.2) is 0 Å². The van der Waals surface area contributed by atoms with E-state index in [9.17, 15) is 15.2 Å². The molecular formula is C14H19BrN2O3. The van der Waals surface area contributed by atoms with Crippen LogP contribution >= 0.6 is 15.9 Å². The standard InChI is InChI=1S/C14H19BrN2O3/c1-10-4-6-14(18,7-5-10)9-16-12-8-11(15)2-3-13(12)17(19)20/h2-3,8,10,16,18H,4-7,9H2,1H3. The summed E-state index contributed by atoms with van der Waals surface area (Å²) in [7, 11) is 0. The third-order valence-corrected chi connectivity index (χ3v) is 4.46. The Morgan fingerprint density at radius 3 is 2.75 bits per heavy atom. The first-order valence-electron chi connectivity index (χ1n) is 6.80. The van der Waals surface area contributed by atoms with E-state index >= 15 is 0 Å². The second-order valence-corrected chi connectivity index (χ2v) is 6.59. The number of nitrogens with zero attached hydrogens (tertiary/aromatic N) is 1. The van der Waals surface area contributed by atoms with Gasteiger partial charge < -0.3 is 10.4 Å². The molecule has 6 heteroatoms. The normalized spacial score (nSPS) is 26.2. The molecule has 0 atom stereocenters. The summed E-state index contributed by atoms with van der Waals surface area (Å²) < 4.78 is 0.773. The van der Waals surface area contributed by atoms with Gasteiger partial charge in [0.2, 0.25) is 0 Å². The summed E-state index contributed by atoms with van der Waals surface area (Å²) in [6.07, 6.45) is 3.48. The van der Waals surface area contributed by atoms with Gasteiger partial charge in [-0.15, -0.1) is 0 Å². The van der Waals surface area contributed by atoms with Crippen LogP contribution in [-0.4, -0.2) is 22.2 Å². The molecule has 0 heterocycles. The average molecular weight is 343 g/mol. The summed E-state index contributed by atoms with van der Waals surface area (Å²) in [5.41, 5.74) is -0.291. The number of hydrogen-bond donors (Lipinski definition) is 2. The molecule has 1 aliphatic carbocycles. The summed E-state index contributed by atoms with van der Waals surface area (Å²) in [6, 6.07) is 4.77. The van der Waals surface area contributed by atoms with Crippen molar-refractivity contribution in [2.24, 2.45) is 5.92 Å². The molecule has 0 saturated heterocycles. The van der Waals surface area contributed by atoms with Crippen molar-refractivity contribution in [1.29, 1.82) is 0 Å². The van der Waals surface area contributed by atoms with Crippen molar-refractivity contribution in [2.45, 2.75) is 38.2 Å². The highest BCUT2D eigenvalue weighted by molar-refractivity contribution is 9.10. The first-order chi connectivity index (χ1) is 9.39. The zero-order valence-electron chi connectivity index (χ0n) is 11.4. The number of nitro groups is 1. The molecule has 5 nitrogen and oxygen atoms in total. The van der Waals surface area contributed by atoms with Crippen LogP contribution in [0.25, 0.3) is 0 Å². The van der Waals surface area contributed by atoms with Gasteiger partial charge in [0.1, 0.15) is 5.69 Å². The van der Waals surface area contributed by atoms with E-state index in [1.807, 2.05) is 0 Å². The maximum absolute atomic E-state index is 11.0. The van der Waals surface area contributed by atoms with Crippen molar-refractivity contribution >= 4 is 27.3 Å². The highest BCUT2D eigenvalue weighted by Gasteiger charge is 2.32. The van der Waals surface area contributed by atoms with Crippen molar-refractivity contribution in [3.8, 4) is 0 Å². The van der Waals surface area contributed by atoms with E-state index in [2.05, 4.69) is 28.2 Å². The summed E-state index contributed by atoms with van der Waals surface area (Å²) in [4.78, 5) is 10.6. The number of aliphatic hydroxyl groups is 1. The van der Waals surface area contributed by atoms with Crippen LogP contribution in [0.3, 0.4) is 0 Å². The molecule has 20 heavy (non-hydrogen) atoms. The Morgan fingerprint density at radius 2 is 2.15 bits per heavy atom. The Balaban J connectivity index is 2.07. The Hall–Kier alpha value is -1.14. The molecule has 1 aromatic rings. The Labute approximate surface area is 126 Å². The predicted molar refractivity (Wildman–Crippen MR) is 81.9 cm³/mol. The zero-order chi connectivity index (χ0) is 14.8. The monoisotopic (exact) mass is 342 g/mol. The first-order valence-corrected chi connectivity index (χ1v) is 7.59. The molecule has 0 radical (unpaired) electrons. The summed E-state index contributed by atoms with van der Waals surface area (Å²) in [5, 5.41) is 24.5. The van der Waals surface area contributed by atoms with Crippen LogP contribution in [0.4, 0.5) is 11.4 Å². The maximum atomic E-state index is 11.0. The molecule has 110 valence electrons. The molecule has 1 aliphatic rings. The number of nitrogens with one attached hydrogen (secondary N) is 1. The molecule has 2 N–H and O–H groups in total. The third-order valence-electron chi connectivity index (χ3n) is 3.97. The molecule has 1 saturated carbocycles. The van der Waals surface area contributed by atoms with Crippen LogP contribution in [-0.2, 0) is 0 Å². The summed E-state index contributed by atoms with van der Waals surface area (Å²) >= 11 is 3.31. The van der Waals surface area contributed by atoms with E-state index in [0.29, 0.717) is 18.2 Å². The number of anilines is 1. The number of nitro benzene ring substituents is 1. The Bertz CT molecular complexity index is 499. The van der Waals surface area contributed by atoms with Crippen molar-refractivity contribution in [3.05, 3.63) is 32.8 Å². The van der Waals surface area contributed by atoms with Crippen LogP contribution in [0.5, 0.6) is 0 Å². The molecule has 1 fully saturated rings. The molecule has 0 unspecified atom stereocenters. The van der Waals surface area contributed by atoms with Crippen molar-refractivity contribution in [3.63, 3.8) is 0 Å². The molecule has 0 aromatic heterocycles. The molecular weight excluding hydrogens is 324 g/mol. The Morgan fingerprint density at radius 1 is 1.50 bits per heavy atom. The van der Waals surface area contributed by atoms with E-state index in [-0.39, 0.29) is 5.69 Å². The van der Waals surface area contributed by atoms with Crippen LogP contribution in [0, 0.1) is 16.0 Å². The molecule has 0 bridgehead atoms. The average Bonchev–Trinajstić information content (AvgIpc) is 2.40. The highest BCUT2D eigenvalue weighted by atomic mass is 79.9. The lowest BCUT2D eigenvalue weighted by Gasteiger charge is -2.35. The molecule has 2 rings (SSSR count). The van der Waals surface area contributed by atoms with Crippen molar-refractivity contribution < 1.29 is 10.0 Å². The van der Waals surface area contributed by atoms with E-state index in [1.54, 1.807) is 12.1 Å². The summed E-state index contributed by atoms with van der Waals surface area (Å²) in [6.45, 7) is 2.53. The highest BCUT2D eigenvalue weighted by Crippen LogP contribution is 2.33. The topological polar surface area (TPSA) is 75.4 Å². The van der Waals surface area contributed by atoms with Gasteiger partial charge in [-0.2, -0.15) is 0 Å². The maximum Gasteiger partial charge on any atom is 0.292 e. The number of hydrogen-bond acceptors (Lipinski definition) is 4. The van der Waals surface area contributed by atoms with E-state index in [1.165, 1.54) is 6.07 Å². The lowest BCUT2D eigenvalue weighted by Crippen LogP contribution is -2.40. The number of benzene rings is 1. The SMILES string of the molecule is CC1CCC(O)(CNc2cc(Br)ccc2[N+](=O)[O-])CC1. The summed E-state index contributed by atoms with van der Waals surface area (Å²) in [5.74, 6) is 0.649. The van der Waals surface area contributed by atoms with Gasteiger partial charge in [-0.25, -0.2) is 0 Å². The largest absolute Gasteiger partial charge is 0.388 e. The fourth-order valence-electron chi connectivity index (χ4n) is 2.55. The fourth-order valence-corrected chi connectivity index (χ4v) is 2.91. The third kappa shape index (κ3) is 3.70. The molecule has 0 amide bonds. The minimum Gasteiger partial charge on any atom is -0.388 e. The van der Waals surface area contributed by atoms with Crippen LogP contribution < -0.4 is 5.32 Å². The predicted octanol–water partition coefficient (Wildman–Crippen LogP) is 3.71. The Kier molecular flexibility index (Phi) is 4.65. The smallest absolute Gasteiger partial charge is 0.292 e. The first kappa shape index (κ1) is 15.3. The molecule has 0 aliphatic heterocycles. The second kappa shape index (κ2) is 6.10. The number of rotatable bonds is 4. The number of halogens is 1. The zero-order valence-corrected chi connectivity index (χ0v) is 13.0. The lowest BCUT2D eigenvalue weighted by atomic mass is 9.79. The fraction of sp³-hybridized carbons (Fsp3) is 0.571. The van der Waals surface area contributed by atoms with Gasteiger partial charge in [-0.1, -0.05) is 22.9 Å². The minimum atomic E-state index is -0.761. The van der Waals surface area contributed by atoms with Crippen LogP contribution in [0.2, 0.25) is 0 Å². The van der Waals surface area contributed by atoms with Gasteiger partial charge in [-0.3, -0.25) is 10.1 Å². The van der Waals surface area contributed by atoms with Gasteiger partial charge in [-0.05, 0) is 43.7 Å². The minimum absolute atomic E-state index is 0.0287. The van der Waals surface area contributed by atoms with Gasteiger partial charge in [0.25, 0.3) is 5.69 Å². The van der Waals surface area contributed by atoms with Crippen molar-refractivity contribution in [1.82, 2.24) is 0 Å². The van der Waals surface area contributed by atoms with Crippen LogP contribution in [0.15, 0.2) is 22.7 Å². The van der Waals surface area contributed by atoms with Gasteiger partial charge >= 0.3 is 0 Å². The van der Waals surface area contributed by atoms with Crippen molar-refractivity contribution in [2.75, 3.05) is 11.9 Å². The molecule has 1 aromatic carbocycles. The van der Waals surface area contributed by atoms with E-state index in [0.717, 1.165) is 30.2 Å². The van der Waals surface area contributed by atoms with Gasteiger partial charge in [0.05, 0.1) is 10.5 Å². The lowest BCUT2D eigenvalue weighted by molar-refractivity contribution is -0.384. The molecule has 0 spiro atoms.